The third-order valence-electron chi connectivity index (χ3n) is 4.72. The van der Waals surface area contributed by atoms with Crippen LogP contribution in [0.15, 0.2) is 109 Å². The Hall–Kier alpha value is -3.78. The molecule has 0 heterocycles. The van der Waals surface area contributed by atoms with Crippen molar-refractivity contribution in [3.63, 3.8) is 0 Å². The predicted octanol–water partition coefficient (Wildman–Crippen LogP) is 6.98. The molecule has 0 aliphatic heterocycles. The highest BCUT2D eigenvalue weighted by Gasteiger charge is 2.02. The lowest BCUT2D eigenvalue weighted by Crippen LogP contribution is -1.89. The van der Waals surface area contributed by atoms with Crippen LogP contribution in [-0.4, -0.2) is 7.11 Å². The minimum absolute atomic E-state index is 0.808. The maximum absolute atomic E-state index is 6.03. The van der Waals surface area contributed by atoms with E-state index in [1.165, 1.54) is 5.39 Å². The Labute approximate surface area is 171 Å². The van der Waals surface area contributed by atoms with Gasteiger partial charge in [-0.25, -0.2) is 0 Å². The molecule has 0 aliphatic carbocycles. The molecule has 0 unspecified atom stereocenters. The predicted molar refractivity (Wildman–Crippen MR) is 121 cm³/mol. The second-order valence-corrected chi connectivity index (χ2v) is 6.67. The Kier molecular flexibility index (Phi) is 5.73. The van der Waals surface area contributed by atoms with Crippen LogP contribution >= 0.6 is 0 Å². The number of fused-ring (bicyclic) bond motifs is 1. The first-order valence-electron chi connectivity index (χ1n) is 9.55. The van der Waals surface area contributed by atoms with Crippen molar-refractivity contribution >= 4 is 22.4 Å². The summed E-state index contributed by atoms with van der Waals surface area (Å²) in [5.41, 5.74) is 3.17. The quantitative estimate of drug-likeness (QED) is 0.266. The normalized spacial score (nSPS) is 11.7. The number of allylic oxidation sites excluding steroid dienone is 2. The maximum atomic E-state index is 6.03. The monoisotopic (exact) mass is 378 g/mol. The zero-order chi connectivity index (χ0) is 19.9. The SMILES string of the molecule is COc1ccc(C(C=Cc2ccccc2)=COc2ccc3ccccc3c2)cc1. The van der Waals surface area contributed by atoms with Crippen LogP contribution in [0.3, 0.4) is 0 Å². The number of rotatable bonds is 6. The van der Waals surface area contributed by atoms with Crippen LogP contribution in [0.25, 0.3) is 22.4 Å². The van der Waals surface area contributed by atoms with E-state index in [4.69, 9.17) is 9.47 Å². The summed E-state index contributed by atoms with van der Waals surface area (Å²) in [5, 5.41) is 2.35. The lowest BCUT2D eigenvalue weighted by molar-refractivity contribution is 0.415. The number of ether oxygens (including phenoxy) is 2. The summed E-state index contributed by atoms with van der Waals surface area (Å²) >= 11 is 0. The molecule has 0 atom stereocenters. The van der Waals surface area contributed by atoms with Gasteiger partial charge in [0.05, 0.1) is 13.4 Å². The third kappa shape index (κ3) is 4.74. The highest BCUT2D eigenvalue weighted by Crippen LogP contribution is 2.24. The molecule has 0 radical (unpaired) electrons. The largest absolute Gasteiger partial charge is 0.497 e. The first kappa shape index (κ1) is 18.6. The van der Waals surface area contributed by atoms with Crippen LogP contribution in [-0.2, 0) is 0 Å². The first-order chi connectivity index (χ1) is 14.3. The molecular weight excluding hydrogens is 356 g/mol. The van der Waals surface area contributed by atoms with Crippen LogP contribution in [0.5, 0.6) is 11.5 Å². The maximum Gasteiger partial charge on any atom is 0.127 e. The van der Waals surface area contributed by atoms with Gasteiger partial charge in [-0.05, 0) is 46.2 Å². The van der Waals surface area contributed by atoms with Crippen LogP contribution in [0.2, 0.25) is 0 Å². The molecule has 0 aliphatic rings. The van der Waals surface area contributed by atoms with Gasteiger partial charge in [-0.1, -0.05) is 84.9 Å². The van der Waals surface area contributed by atoms with Gasteiger partial charge in [0.15, 0.2) is 0 Å². The van der Waals surface area contributed by atoms with E-state index in [0.29, 0.717) is 0 Å². The van der Waals surface area contributed by atoms with Gasteiger partial charge in [-0.3, -0.25) is 0 Å². The molecular formula is C27H22O2. The van der Waals surface area contributed by atoms with Crippen molar-refractivity contribution in [1.29, 1.82) is 0 Å². The molecule has 142 valence electrons. The summed E-state index contributed by atoms with van der Waals surface area (Å²) in [5.74, 6) is 1.64. The van der Waals surface area contributed by atoms with Gasteiger partial charge in [0.1, 0.15) is 11.5 Å². The molecule has 0 saturated heterocycles. The Balaban J connectivity index is 1.64. The van der Waals surface area contributed by atoms with Gasteiger partial charge in [0.25, 0.3) is 0 Å². The molecule has 2 heteroatoms. The van der Waals surface area contributed by atoms with Crippen molar-refractivity contribution in [2.45, 2.75) is 0 Å². The van der Waals surface area contributed by atoms with E-state index >= 15 is 0 Å². The molecule has 0 N–H and O–H groups in total. The second kappa shape index (κ2) is 8.94. The molecule has 0 fully saturated rings. The van der Waals surface area contributed by atoms with Crippen LogP contribution in [0.1, 0.15) is 11.1 Å². The van der Waals surface area contributed by atoms with Gasteiger partial charge in [-0.15, -0.1) is 0 Å². The van der Waals surface area contributed by atoms with Crippen molar-refractivity contribution < 1.29 is 9.47 Å². The topological polar surface area (TPSA) is 18.5 Å². The highest BCUT2D eigenvalue weighted by atomic mass is 16.5. The number of hydrogen-bond acceptors (Lipinski definition) is 2. The van der Waals surface area contributed by atoms with Gasteiger partial charge in [-0.2, -0.15) is 0 Å². The Morgan fingerprint density at radius 2 is 1.38 bits per heavy atom. The number of benzene rings is 4. The summed E-state index contributed by atoms with van der Waals surface area (Å²) in [4.78, 5) is 0. The molecule has 2 nitrogen and oxygen atoms in total. The van der Waals surface area contributed by atoms with E-state index in [9.17, 15) is 0 Å². The van der Waals surface area contributed by atoms with Crippen molar-refractivity contribution in [1.82, 2.24) is 0 Å². The standard InChI is InChI=1S/C27H22O2/c1-28-26-16-13-23(14-17-26)25(12-11-21-7-3-2-4-8-21)20-29-27-18-15-22-9-5-6-10-24(22)19-27/h2-20H,1H3. The molecule has 4 aromatic rings. The van der Waals surface area contributed by atoms with E-state index in [2.05, 4.69) is 48.6 Å². The fraction of sp³-hybridized carbons (Fsp3) is 0.0370. The summed E-state index contributed by atoms with van der Waals surface area (Å²) in [6.45, 7) is 0. The lowest BCUT2D eigenvalue weighted by atomic mass is 10.1. The fourth-order valence-corrected chi connectivity index (χ4v) is 3.11. The van der Waals surface area contributed by atoms with Gasteiger partial charge in [0.2, 0.25) is 0 Å². The Morgan fingerprint density at radius 3 is 2.14 bits per heavy atom. The molecule has 0 saturated carbocycles. The smallest absolute Gasteiger partial charge is 0.127 e. The van der Waals surface area contributed by atoms with Crippen LogP contribution in [0.4, 0.5) is 0 Å². The van der Waals surface area contributed by atoms with E-state index in [1.54, 1.807) is 13.4 Å². The van der Waals surface area contributed by atoms with E-state index < -0.39 is 0 Å². The van der Waals surface area contributed by atoms with E-state index in [-0.39, 0.29) is 0 Å². The summed E-state index contributed by atoms with van der Waals surface area (Å²) < 4.78 is 11.3. The minimum Gasteiger partial charge on any atom is -0.497 e. The van der Waals surface area contributed by atoms with Gasteiger partial charge in [0, 0.05) is 5.57 Å². The highest BCUT2D eigenvalue weighted by molar-refractivity contribution is 5.84. The van der Waals surface area contributed by atoms with E-state index in [1.807, 2.05) is 60.7 Å². The van der Waals surface area contributed by atoms with Gasteiger partial charge < -0.3 is 9.47 Å². The third-order valence-corrected chi connectivity index (χ3v) is 4.72. The molecule has 0 bridgehead atoms. The number of hydrogen-bond donors (Lipinski definition) is 0. The summed E-state index contributed by atoms with van der Waals surface area (Å²) in [6, 6.07) is 32.6. The van der Waals surface area contributed by atoms with Crippen molar-refractivity contribution in [2.24, 2.45) is 0 Å². The van der Waals surface area contributed by atoms with Crippen LogP contribution in [0, 0.1) is 0 Å². The first-order valence-corrected chi connectivity index (χ1v) is 9.55. The second-order valence-electron chi connectivity index (χ2n) is 6.67. The zero-order valence-corrected chi connectivity index (χ0v) is 16.3. The van der Waals surface area contributed by atoms with Crippen molar-refractivity contribution in [3.05, 3.63) is 121 Å². The molecule has 0 amide bonds. The molecule has 4 aromatic carbocycles. The molecule has 0 spiro atoms. The number of methoxy groups -OCH3 is 1. The fourth-order valence-electron chi connectivity index (χ4n) is 3.11. The lowest BCUT2D eigenvalue weighted by Gasteiger charge is -2.07. The Morgan fingerprint density at radius 1 is 0.690 bits per heavy atom. The van der Waals surface area contributed by atoms with Gasteiger partial charge >= 0.3 is 0 Å². The molecule has 4 rings (SSSR count). The average molecular weight is 378 g/mol. The minimum atomic E-state index is 0.808. The zero-order valence-electron chi connectivity index (χ0n) is 16.3. The summed E-state index contributed by atoms with van der Waals surface area (Å²) in [7, 11) is 1.67. The molecule has 29 heavy (non-hydrogen) atoms. The van der Waals surface area contributed by atoms with E-state index in [0.717, 1.165) is 33.6 Å². The van der Waals surface area contributed by atoms with Crippen molar-refractivity contribution in [3.8, 4) is 11.5 Å². The summed E-state index contributed by atoms with van der Waals surface area (Å²) in [6.07, 6.45) is 5.95. The average Bonchev–Trinajstić information content (AvgIpc) is 2.80. The van der Waals surface area contributed by atoms with Crippen molar-refractivity contribution in [2.75, 3.05) is 7.11 Å². The van der Waals surface area contributed by atoms with Crippen LogP contribution < -0.4 is 9.47 Å². The Bertz CT molecular complexity index is 1140. The molecule has 0 aromatic heterocycles.